The van der Waals surface area contributed by atoms with Crippen molar-refractivity contribution in [1.29, 1.82) is 0 Å². The topological polar surface area (TPSA) is 64.9 Å². The van der Waals surface area contributed by atoms with Crippen molar-refractivity contribution in [3.05, 3.63) is 11.7 Å². The van der Waals surface area contributed by atoms with E-state index < -0.39 is 0 Å². The summed E-state index contributed by atoms with van der Waals surface area (Å²) in [4.78, 5) is 4.41. The van der Waals surface area contributed by atoms with E-state index in [0.717, 1.165) is 43.8 Å². The van der Waals surface area contributed by atoms with E-state index in [-0.39, 0.29) is 0 Å². The Bertz CT molecular complexity index is 309. The van der Waals surface area contributed by atoms with Gasteiger partial charge >= 0.3 is 0 Å². The van der Waals surface area contributed by atoms with E-state index in [9.17, 15) is 0 Å². The third-order valence-corrected chi connectivity index (χ3v) is 2.87. The Morgan fingerprint density at radius 3 is 2.71 bits per heavy atom. The number of unbranched alkanes of at least 4 members (excludes halogenated alkanes) is 1. The predicted octanol–water partition coefficient (Wildman–Crippen LogP) is 2.58. The normalized spacial score (nSPS) is 13.2. The van der Waals surface area contributed by atoms with E-state index in [0.29, 0.717) is 18.4 Å². The van der Waals surface area contributed by atoms with Crippen molar-refractivity contribution in [3.63, 3.8) is 0 Å². The Labute approximate surface area is 104 Å². The first-order valence-electron chi connectivity index (χ1n) is 6.67. The second-order valence-corrected chi connectivity index (χ2v) is 5.14. The molecule has 2 N–H and O–H groups in total. The van der Waals surface area contributed by atoms with Crippen LogP contribution in [0.4, 0.5) is 0 Å². The Morgan fingerprint density at radius 2 is 2.12 bits per heavy atom. The number of nitrogens with two attached hydrogens (primary N) is 1. The molecular formula is C13H25N3O. The Morgan fingerprint density at radius 1 is 1.35 bits per heavy atom. The van der Waals surface area contributed by atoms with Gasteiger partial charge in [-0.1, -0.05) is 32.3 Å². The molecule has 17 heavy (non-hydrogen) atoms. The second-order valence-electron chi connectivity index (χ2n) is 5.14. The molecule has 1 aromatic rings. The summed E-state index contributed by atoms with van der Waals surface area (Å²) in [6.45, 7) is 7.27. The number of rotatable bonds is 8. The van der Waals surface area contributed by atoms with E-state index in [1.54, 1.807) is 0 Å². The maximum absolute atomic E-state index is 5.77. The van der Waals surface area contributed by atoms with E-state index in [1.807, 2.05) is 0 Å². The minimum absolute atomic E-state index is 0.453. The van der Waals surface area contributed by atoms with Gasteiger partial charge in [-0.2, -0.15) is 4.98 Å². The van der Waals surface area contributed by atoms with Crippen molar-refractivity contribution >= 4 is 0 Å². The fraction of sp³-hybridized carbons (Fsp3) is 0.846. The van der Waals surface area contributed by atoms with Gasteiger partial charge in [-0.15, -0.1) is 0 Å². The fourth-order valence-electron chi connectivity index (χ4n) is 1.99. The van der Waals surface area contributed by atoms with Gasteiger partial charge in [-0.25, -0.2) is 0 Å². The van der Waals surface area contributed by atoms with Crippen molar-refractivity contribution in [2.24, 2.45) is 17.6 Å². The van der Waals surface area contributed by atoms with Crippen LogP contribution in [-0.4, -0.2) is 16.7 Å². The van der Waals surface area contributed by atoms with Crippen LogP contribution in [0.5, 0.6) is 0 Å². The number of hydrogen-bond acceptors (Lipinski definition) is 4. The fourth-order valence-corrected chi connectivity index (χ4v) is 1.99. The molecule has 0 bridgehead atoms. The van der Waals surface area contributed by atoms with Gasteiger partial charge in [0.1, 0.15) is 0 Å². The van der Waals surface area contributed by atoms with E-state index in [2.05, 4.69) is 30.9 Å². The summed E-state index contributed by atoms with van der Waals surface area (Å²) in [6, 6.07) is 0. The third-order valence-electron chi connectivity index (χ3n) is 2.87. The molecule has 0 aliphatic heterocycles. The molecule has 1 atom stereocenters. The first-order valence-corrected chi connectivity index (χ1v) is 6.67. The highest BCUT2D eigenvalue weighted by molar-refractivity contribution is 4.88. The van der Waals surface area contributed by atoms with Crippen molar-refractivity contribution < 1.29 is 4.52 Å². The summed E-state index contributed by atoms with van der Waals surface area (Å²) in [5.74, 6) is 2.69. The van der Waals surface area contributed by atoms with Crippen LogP contribution in [-0.2, 0) is 12.8 Å². The molecule has 1 heterocycles. The molecule has 0 spiro atoms. The lowest BCUT2D eigenvalue weighted by atomic mass is 9.94. The summed E-state index contributed by atoms with van der Waals surface area (Å²) in [6.07, 6.45) is 5.11. The molecule has 0 unspecified atom stereocenters. The van der Waals surface area contributed by atoms with Crippen LogP contribution in [0.25, 0.3) is 0 Å². The van der Waals surface area contributed by atoms with Crippen LogP contribution in [0, 0.1) is 11.8 Å². The van der Waals surface area contributed by atoms with Crippen LogP contribution in [0.3, 0.4) is 0 Å². The smallest absolute Gasteiger partial charge is 0.226 e. The highest BCUT2D eigenvalue weighted by Crippen LogP contribution is 2.15. The van der Waals surface area contributed by atoms with E-state index >= 15 is 0 Å². The highest BCUT2D eigenvalue weighted by atomic mass is 16.5. The number of aryl methyl sites for hydroxylation is 1. The first kappa shape index (κ1) is 14.2. The Kier molecular flexibility index (Phi) is 6.19. The standard InChI is InChI=1S/C13H25N3O/c1-4-5-6-12-15-13(17-16-12)8-11(9-14)7-10(2)3/h10-11H,4-9,14H2,1-3H3/t11-/m0/s1. The molecule has 0 radical (unpaired) electrons. The van der Waals surface area contributed by atoms with Crippen molar-refractivity contribution in [2.45, 2.75) is 52.9 Å². The van der Waals surface area contributed by atoms with Crippen LogP contribution < -0.4 is 5.73 Å². The van der Waals surface area contributed by atoms with Crippen LogP contribution >= 0.6 is 0 Å². The maximum Gasteiger partial charge on any atom is 0.226 e. The Balaban J connectivity index is 2.46. The molecule has 1 rings (SSSR count). The molecule has 98 valence electrons. The van der Waals surface area contributed by atoms with Gasteiger partial charge in [0.25, 0.3) is 0 Å². The minimum atomic E-state index is 0.453. The average molecular weight is 239 g/mol. The lowest BCUT2D eigenvalue weighted by molar-refractivity contribution is 0.329. The van der Waals surface area contributed by atoms with Gasteiger partial charge < -0.3 is 10.3 Å². The molecule has 1 aromatic heterocycles. The number of aromatic nitrogens is 2. The van der Waals surface area contributed by atoms with Gasteiger partial charge in [0.15, 0.2) is 5.82 Å². The van der Waals surface area contributed by atoms with Crippen LogP contribution in [0.2, 0.25) is 0 Å². The third kappa shape index (κ3) is 5.31. The van der Waals surface area contributed by atoms with Gasteiger partial charge in [0.2, 0.25) is 5.89 Å². The highest BCUT2D eigenvalue weighted by Gasteiger charge is 2.14. The molecule has 0 fully saturated rings. The summed E-state index contributed by atoms with van der Waals surface area (Å²) in [5.41, 5.74) is 5.77. The lowest BCUT2D eigenvalue weighted by Gasteiger charge is -2.14. The van der Waals surface area contributed by atoms with Crippen LogP contribution in [0.15, 0.2) is 4.52 Å². The number of nitrogens with zero attached hydrogens (tertiary/aromatic N) is 2. The van der Waals surface area contributed by atoms with Gasteiger partial charge in [0, 0.05) is 12.8 Å². The van der Waals surface area contributed by atoms with Crippen molar-refractivity contribution in [3.8, 4) is 0 Å². The average Bonchev–Trinajstić information content (AvgIpc) is 2.72. The van der Waals surface area contributed by atoms with Gasteiger partial charge in [0.05, 0.1) is 0 Å². The summed E-state index contributed by atoms with van der Waals surface area (Å²) < 4.78 is 5.26. The molecule has 0 saturated heterocycles. The van der Waals surface area contributed by atoms with Gasteiger partial charge in [-0.3, -0.25) is 0 Å². The minimum Gasteiger partial charge on any atom is -0.339 e. The molecule has 0 amide bonds. The van der Waals surface area contributed by atoms with Crippen molar-refractivity contribution in [2.75, 3.05) is 6.54 Å². The molecular weight excluding hydrogens is 214 g/mol. The van der Waals surface area contributed by atoms with Crippen molar-refractivity contribution in [1.82, 2.24) is 10.1 Å². The second kappa shape index (κ2) is 7.43. The predicted molar refractivity (Wildman–Crippen MR) is 68.6 cm³/mol. The zero-order chi connectivity index (χ0) is 12.7. The van der Waals surface area contributed by atoms with Gasteiger partial charge in [-0.05, 0) is 31.2 Å². The number of hydrogen-bond donors (Lipinski definition) is 1. The zero-order valence-corrected chi connectivity index (χ0v) is 11.3. The lowest BCUT2D eigenvalue weighted by Crippen LogP contribution is -2.19. The molecule has 4 heteroatoms. The molecule has 0 saturated carbocycles. The first-order chi connectivity index (χ1) is 8.15. The quantitative estimate of drug-likeness (QED) is 0.757. The summed E-state index contributed by atoms with van der Waals surface area (Å²) >= 11 is 0. The monoisotopic (exact) mass is 239 g/mol. The summed E-state index contributed by atoms with van der Waals surface area (Å²) in [7, 11) is 0. The zero-order valence-electron chi connectivity index (χ0n) is 11.3. The molecule has 0 aromatic carbocycles. The Hall–Kier alpha value is -0.900. The molecule has 4 nitrogen and oxygen atoms in total. The van der Waals surface area contributed by atoms with Crippen LogP contribution in [0.1, 0.15) is 51.7 Å². The maximum atomic E-state index is 5.77. The molecule has 0 aliphatic carbocycles. The van der Waals surface area contributed by atoms with E-state index in [1.165, 1.54) is 0 Å². The summed E-state index contributed by atoms with van der Waals surface area (Å²) in [5, 5.41) is 3.99. The SMILES string of the molecule is CCCCc1noc(C[C@@H](CN)CC(C)C)n1. The molecule has 0 aliphatic rings. The largest absolute Gasteiger partial charge is 0.339 e. The van der Waals surface area contributed by atoms with E-state index in [4.69, 9.17) is 10.3 Å².